The number of benzene rings is 1. The fourth-order valence-corrected chi connectivity index (χ4v) is 2.54. The number of fused-ring (bicyclic) bond motifs is 1. The van der Waals surface area contributed by atoms with Crippen LogP contribution in [0.4, 0.5) is 0 Å². The number of H-pyrrole nitrogens is 1. The Bertz CT molecular complexity index is 865. The van der Waals surface area contributed by atoms with E-state index >= 15 is 0 Å². The van der Waals surface area contributed by atoms with Crippen LogP contribution in [-0.4, -0.2) is 27.5 Å². The van der Waals surface area contributed by atoms with E-state index in [-0.39, 0.29) is 5.56 Å². The van der Waals surface area contributed by atoms with E-state index in [0.717, 1.165) is 30.8 Å². The molecule has 4 N–H and O–H groups in total. The molecule has 0 amide bonds. The molecule has 2 heterocycles. The van der Waals surface area contributed by atoms with Gasteiger partial charge in [0.2, 0.25) is 5.78 Å². The van der Waals surface area contributed by atoms with Crippen LogP contribution in [0.3, 0.4) is 0 Å². The van der Waals surface area contributed by atoms with Crippen LogP contribution in [0.1, 0.15) is 51.8 Å². The fraction of sp³-hybridized carbons (Fsp3) is 0.455. The highest BCUT2D eigenvalue weighted by Gasteiger charge is 2.07. The van der Waals surface area contributed by atoms with Crippen LogP contribution >= 0.6 is 0 Å². The van der Waals surface area contributed by atoms with Gasteiger partial charge in [-0.05, 0) is 37.6 Å². The number of rotatable bonds is 6. The second kappa shape index (κ2) is 12.9. The predicted octanol–water partition coefficient (Wildman–Crippen LogP) is 3.88. The molecule has 6 nitrogen and oxygen atoms in total. The summed E-state index contributed by atoms with van der Waals surface area (Å²) in [4.78, 5) is 19.3. The highest BCUT2D eigenvalue weighted by Crippen LogP contribution is 2.16. The zero-order valence-electron chi connectivity index (χ0n) is 17.9. The number of nitrogens with zero attached hydrogens (tertiary/aromatic N) is 2. The van der Waals surface area contributed by atoms with E-state index in [1.54, 1.807) is 0 Å². The molecule has 0 saturated carbocycles. The normalized spacial score (nSPS) is 10.1. The first kappa shape index (κ1) is 23.6. The van der Waals surface area contributed by atoms with Crippen molar-refractivity contribution >= 4 is 5.78 Å². The minimum Gasteiger partial charge on any atom is -0.330 e. The van der Waals surface area contributed by atoms with Gasteiger partial charge in [-0.25, -0.2) is 4.98 Å². The van der Waals surface area contributed by atoms with Crippen LogP contribution in [0.15, 0.2) is 41.5 Å². The molecule has 0 radical (unpaired) electrons. The topological polar surface area (TPSA) is 88.2 Å². The number of nitrogens with one attached hydrogen (secondary N) is 2. The first-order chi connectivity index (χ1) is 13.6. The summed E-state index contributed by atoms with van der Waals surface area (Å²) >= 11 is 0. The monoisotopic (exact) mass is 385 g/mol. The molecule has 0 spiro atoms. The summed E-state index contributed by atoms with van der Waals surface area (Å²) < 4.78 is 1.84. The quantitative estimate of drug-likeness (QED) is 0.562. The molecule has 0 saturated heterocycles. The van der Waals surface area contributed by atoms with Gasteiger partial charge < -0.3 is 11.1 Å². The molecular formula is C22H35N5O. The van der Waals surface area contributed by atoms with Crippen molar-refractivity contribution in [1.29, 1.82) is 0 Å². The van der Waals surface area contributed by atoms with Gasteiger partial charge in [0.25, 0.3) is 5.56 Å². The average Bonchev–Trinajstić information content (AvgIpc) is 3.06. The molecule has 0 aliphatic carbocycles. The number of aryl methyl sites for hydroxylation is 1. The van der Waals surface area contributed by atoms with Crippen molar-refractivity contribution in [3.05, 3.63) is 58.3 Å². The van der Waals surface area contributed by atoms with Crippen molar-refractivity contribution < 1.29 is 0 Å². The minimum absolute atomic E-state index is 0.128. The van der Waals surface area contributed by atoms with Crippen LogP contribution < -0.4 is 16.6 Å². The number of hydrogen-bond acceptors (Lipinski definition) is 4. The van der Waals surface area contributed by atoms with E-state index in [4.69, 9.17) is 5.73 Å². The SMILES string of the molecule is CC.CCC.Cc1cn2cc(-c3ccc(CNCCCN)cc3)c(=O)[nH]c2n1. The Morgan fingerprint density at radius 2 is 1.79 bits per heavy atom. The standard InChI is InChI=1S/C17H21N5O.C3H8.C2H6/c1-12-10-22-11-15(16(23)21-17(22)20-12)14-5-3-13(4-6-14)9-19-8-2-7-18;1-3-2;1-2/h3-6,10-11,19H,2,7-9,18H2,1H3,(H,20,21,23);3H2,1-2H3;1-2H3. The summed E-state index contributed by atoms with van der Waals surface area (Å²) in [5.41, 5.74) is 8.92. The van der Waals surface area contributed by atoms with Crippen molar-refractivity contribution in [3.8, 4) is 11.1 Å². The average molecular weight is 386 g/mol. The largest absolute Gasteiger partial charge is 0.330 e. The van der Waals surface area contributed by atoms with Crippen molar-refractivity contribution in [2.24, 2.45) is 5.73 Å². The zero-order valence-corrected chi connectivity index (χ0v) is 17.9. The van der Waals surface area contributed by atoms with E-state index in [1.165, 1.54) is 12.0 Å². The number of hydrogen-bond donors (Lipinski definition) is 3. The number of nitrogens with two attached hydrogens (primary N) is 1. The minimum atomic E-state index is -0.128. The Morgan fingerprint density at radius 3 is 2.39 bits per heavy atom. The molecule has 2 aromatic heterocycles. The summed E-state index contributed by atoms with van der Waals surface area (Å²) in [7, 11) is 0. The van der Waals surface area contributed by atoms with E-state index in [0.29, 0.717) is 17.9 Å². The van der Waals surface area contributed by atoms with Crippen LogP contribution in [0.2, 0.25) is 0 Å². The first-order valence-corrected chi connectivity index (χ1v) is 10.2. The number of aromatic amines is 1. The Labute approximate surface area is 168 Å². The molecule has 0 fully saturated rings. The molecule has 0 aliphatic heterocycles. The molecule has 0 bridgehead atoms. The van der Waals surface area contributed by atoms with Crippen LogP contribution in [0.5, 0.6) is 0 Å². The van der Waals surface area contributed by atoms with Gasteiger partial charge in [0.1, 0.15) is 0 Å². The molecule has 28 heavy (non-hydrogen) atoms. The summed E-state index contributed by atoms with van der Waals surface area (Å²) in [5.74, 6) is 0.567. The molecule has 6 heteroatoms. The van der Waals surface area contributed by atoms with Gasteiger partial charge in [-0.1, -0.05) is 58.4 Å². The molecule has 0 aliphatic rings. The Morgan fingerprint density at radius 1 is 1.14 bits per heavy atom. The van der Waals surface area contributed by atoms with Gasteiger partial charge in [0.15, 0.2) is 0 Å². The van der Waals surface area contributed by atoms with Crippen LogP contribution in [-0.2, 0) is 6.54 Å². The third kappa shape index (κ3) is 6.94. The number of imidazole rings is 1. The molecule has 0 atom stereocenters. The summed E-state index contributed by atoms with van der Waals surface area (Å²) in [6.45, 7) is 12.6. The van der Waals surface area contributed by atoms with Gasteiger partial charge in [0.05, 0.1) is 11.3 Å². The molecule has 0 unspecified atom stereocenters. The Balaban J connectivity index is 0.000000717. The highest BCUT2D eigenvalue weighted by molar-refractivity contribution is 5.62. The summed E-state index contributed by atoms with van der Waals surface area (Å²) in [5, 5.41) is 3.34. The molecular weight excluding hydrogens is 350 g/mol. The van der Waals surface area contributed by atoms with E-state index in [9.17, 15) is 4.79 Å². The van der Waals surface area contributed by atoms with Crippen molar-refractivity contribution in [2.75, 3.05) is 13.1 Å². The van der Waals surface area contributed by atoms with E-state index in [2.05, 4.69) is 29.1 Å². The first-order valence-electron chi connectivity index (χ1n) is 10.2. The van der Waals surface area contributed by atoms with Crippen LogP contribution in [0, 0.1) is 6.92 Å². The molecule has 154 valence electrons. The van der Waals surface area contributed by atoms with Crippen molar-refractivity contribution in [1.82, 2.24) is 19.7 Å². The molecule has 3 aromatic rings. The number of aromatic nitrogens is 3. The lowest BCUT2D eigenvalue weighted by molar-refractivity contribution is 0.655. The molecule has 3 rings (SSSR count). The Kier molecular flexibility index (Phi) is 10.8. The van der Waals surface area contributed by atoms with Gasteiger partial charge in [0, 0.05) is 18.9 Å². The molecule has 1 aromatic carbocycles. The second-order valence-electron chi connectivity index (χ2n) is 6.33. The fourth-order valence-electron chi connectivity index (χ4n) is 2.54. The zero-order chi connectivity index (χ0) is 20.9. The second-order valence-corrected chi connectivity index (χ2v) is 6.33. The lowest BCUT2D eigenvalue weighted by Crippen LogP contribution is -2.17. The van der Waals surface area contributed by atoms with E-state index in [1.807, 2.05) is 61.8 Å². The van der Waals surface area contributed by atoms with Gasteiger partial charge in [-0.3, -0.25) is 14.2 Å². The Hall–Kier alpha value is -2.44. The highest BCUT2D eigenvalue weighted by atomic mass is 16.1. The van der Waals surface area contributed by atoms with Gasteiger partial charge in [-0.2, -0.15) is 0 Å². The maximum atomic E-state index is 12.2. The summed E-state index contributed by atoms with van der Waals surface area (Å²) in [6, 6.07) is 8.02. The summed E-state index contributed by atoms with van der Waals surface area (Å²) in [6.07, 6.45) is 5.94. The third-order valence-corrected chi connectivity index (χ3v) is 3.74. The lowest BCUT2D eigenvalue weighted by atomic mass is 10.1. The maximum Gasteiger partial charge on any atom is 0.260 e. The van der Waals surface area contributed by atoms with Crippen molar-refractivity contribution in [3.63, 3.8) is 0 Å². The third-order valence-electron chi connectivity index (χ3n) is 3.74. The van der Waals surface area contributed by atoms with E-state index < -0.39 is 0 Å². The van der Waals surface area contributed by atoms with Gasteiger partial charge in [-0.15, -0.1) is 0 Å². The smallest absolute Gasteiger partial charge is 0.260 e. The van der Waals surface area contributed by atoms with Crippen LogP contribution in [0.25, 0.3) is 16.9 Å². The lowest BCUT2D eigenvalue weighted by Gasteiger charge is -2.06. The van der Waals surface area contributed by atoms with Gasteiger partial charge >= 0.3 is 0 Å². The predicted molar refractivity (Wildman–Crippen MR) is 119 cm³/mol. The van der Waals surface area contributed by atoms with Crippen molar-refractivity contribution in [2.45, 2.75) is 54.0 Å². The maximum absolute atomic E-state index is 12.2.